The van der Waals surface area contributed by atoms with Crippen molar-refractivity contribution in [1.29, 1.82) is 0 Å². The van der Waals surface area contributed by atoms with E-state index >= 15 is 0 Å². The first-order valence-electron chi connectivity index (χ1n) is 6.91. The van der Waals surface area contributed by atoms with Crippen LogP contribution in [0.15, 0.2) is 12.1 Å². The number of nitrogens with one attached hydrogen (secondary N) is 1. The van der Waals surface area contributed by atoms with E-state index in [0.29, 0.717) is 0 Å². The van der Waals surface area contributed by atoms with Gasteiger partial charge in [0.2, 0.25) is 5.82 Å². The third-order valence-corrected chi connectivity index (χ3v) is 3.03. The molecule has 0 aliphatic heterocycles. The number of halogens is 2. The number of hydrogen-bond donors (Lipinski definition) is 1. The van der Waals surface area contributed by atoms with Gasteiger partial charge < -0.3 is 9.47 Å². The van der Waals surface area contributed by atoms with E-state index in [9.17, 15) is 13.6 Å². The Morgan fingerprint density at radius 2 is 1.90 bits per heavy atom. The molecule has 21 heavy (non-hydrogen) atoms. The van der Waals surface area contributed by atoms with Crippen LogP contribution in [0.3, 0.4) is 0 Å². The van der Waals surface area contributed by atoms with Crippen molar-refractivity contribution in [2.45, 2.75) is 51.7 Å². The molecule has 1 saturated carbocycles. The summed E-state index contributed by atoms with van der Waals surface area (Å²) in [7, 11) is 0. The highest BCUT2D eigenvalue weighted by Crippen LogP contribution is 2.30. The van der Waals surface area contributed by atoms with Crippen molar-refractivity contribution >= 4 is 11.8 Å². The lowest BCUT2D eigenvalue weighted by Crippen LogP contribution is -2.28. The highest BCUT2D eigenvalue weighted by Gasteiger charge is 2.24. The molecule has 0 saturated heterocycles. The number of benzene rings is 1. The van der Waals surface area contributed by atoms with Crippen LogP contribution in [0.2, 0.25) is 0 Å². The zero-order chi connectivity index (χ0) is 15.6. The van der Waals surface area contributed by atoms with Crippen molar-refractivity contribution in [3.05, 3.63) is 23.8 Å². The molecule has 0 spiro atoms. The van der Waals surface area contributed by atoms with Crippen LogP contribution >= 0.6 is 0 Å². The summed E-state index contributed by atoms with van der Waals surface area (Å²) in [5, 5.41) is 2.18. The highest BCUT2D eigenvalue weighted by atomic mass is 19.2. The molecular weight excluding hydrogens is 280 g/mol. The van der Waals surface area contributed by atoms with Crippen LogP contribution in [0.1, 0.15) is 40.0 Å². The van der Waals surface area contributed by atoms with Crippen LogP contribution in [0.5, 0.6) is 5.75 Å². The molecule has 116 valence electrons. The molecule has 0 atom stereocenters. The number of carbonyl (C=O) groups is 1. The maximum atomic E-state index is 13.9. The third-order valence-electron chi connectivity index (χ3n) is 3.03. The van der Waals surface area contributed by atoms with Crippen LogP contribution in [0.4, 0.5) is 19.3 Å². The van der Waals surface area contributed by atoms with Crippen LogP contribution in [-0.4, -0.2) is 17.8 Å². The van der Waals surface area contributed by atoms with Gasteiger partial charge in [0.1, 0.15) is 5.60 Å². The Hall–Kier alpha value is -1.85. The summed E-state index contributed by atoms with van der Waals surface area (Å²) in [5.41, 5.74) is -0.991. The number of hydrogen-bond acceptors (Lipinski definition) is 3. The molecule has 1 fully saturated rings. The minimum Gasteiger partial charge on any atom is -0.487 e. The lowest BCUT2D eigenvalue weighted by atomic mass is 9.96. The lowest BCUT2D eigenvalue weighted by Gasteiger charge is -2.26. The maximum absolute atomic E-state index is 13.9. The monoisotopic (exact) mass is 299 g/mol. The molecule has 1 aliphatic rings. The molecule has 0 radical (unpaired) electrons. The zero-order valence-corrected chi connectivity index (χ0v) is 12.3. The summed E-state index contributed by atoms with van der Waals surface area (Å²) in [6, 6.07) is 2.57. The van der Waals surface area contributed by atoms with E-state index in [1.165, 1.54) is 12.1 Å². The van der Waals surface area contributed by atoms with Gasteiger partial charge in [0.15, 0.2) is 11.6 Å². The Kier molecular flexibility index (Phi) is 4.34. The first kappa shape index (κ1) is 15.5. The second kappa shape index (κ2) is 5.87. The van der Waals surface area contributed by atoms with E-state index < -0.39 is 23.3 Å². The van der Waals surface area contributed by atoms with Gasteiger partial charge >= 0.3 is 6.09 Å². The van der Waals surface area contributed by atoms with Crippen LogP contribution < -0.4 is 10.1 Å². The number of rotatable bonds is 3. The van der Waals surface area contributed by atoms with Gasteiger partial charge in [-0.1, -0.05) is 0 Å². The van der Waals surface area contributed by atoms with Crippen molar-refractivity contribution in [3.63, 3.8) is 0 Å². The normalized spacial score (nSPS) is 15.3. The molecule has 1 aromatic carbocycles. The van der Waals surface area contributed by atoms with E-state index in [-0.39, 0.29) is 17.5 Å². The van der Waals surface area contributed by atoms with Gasteiger partial charge in [-0.3, -0.25) is 5.32 Å². The largest absolute Gasteiger partial charge is 0.487 e. The predicted molar refractivity (Wildman–Crippen MR) is 74.5 cm³/mol. The fourth-order valence-electron chi connectivity index (χ4n) is 1.80. The molecule has 0 aromatic heterocycles. The van der Waals surface area contributed by atoms with Crippen molar-refractivity contribution in [3.8, 4) is 5.75 Å². The van der Waals surface area contributed by atoms with Gasteiger partial charge in [-0.15, -0.1) is 0 Å². The maximum Gasteiger partial charge on any atom is 0.412 e. The predicted octanol–water partition coefficient (Wildman–Crippen LogP) is 4.24. The van der Waals surface area contributed by atoms with Gasteiger partial charge in [-0.2, -0.15) is 4.39 Å². The molecule has 1 amide bonds. The molecule has 0 bridgehead atoms. The van der Waals surface area contributed by atoms with Crippen LogP contribution in [0, 0.1) is 11.6 Å². The van der Waals surface area contributed by atoms with Crippen molar-refractivity contribution in [1.82, 2.24) is 0 Å². The van der Waals surface area contributed by atoms with Crippen LogP contribution in [0.25, 0.3) is 0 Å². The fraction of sp³-hybridized carbons (Fsp3) is 0.533. The van der Waals surface area contributed by atoms with Gasteiger partial charge in [0, 0.05) is 0 Å². The number of amides is 1. The smallest absolute Gasteiger partial charge is 0.412 e. The summed E-state index contributed by atoms with van der Waals surface area (Å²) in [6.45, 7) is 5.04. The summed E-state index contributed by atoms with van der Waals surface area (Å²) in [5.74, 6) is -2.39. The molecule has 2 rings (SSSR count). The van der Waals surface area contributed by atoms with E-state index in [1.807, 2.05) is 0 Å². The molecule has 1 N–H and O–H groups in total. The third kappa shape index (κ3) is 4.06. The van der Waals surface area contributed by atoms with E-state index in [2.05, 4.69) is 5.32 Å². The summed E-state index contributed by atoms with van der Waals surface area (Å²) < 4.78 is 38.1. The number of carbonyl (C=O) groups excluding carboxylic acids is 1. The minimum atomic E-state index is -1.15. The molecule has 4 nitrogen and oxygen atoms in total. The van der Waals surface area contributed by atoms with E-state index in [0.717, 1.165) is 19.3 Å². The SMILES string of the molecule is CC(C)(C)OC(=O)Nc1ccc(OC2CCC2)c(F)c1F. The van der Waals surface area contributed by atoms with Gasteiger partial charge in [-0.25, -0.2) is 9.18 Å². The molecule has 1 aromatic rings. The second-order valence-electron chi connectivity index (χ2n) is 6.04. The quantitative estimate of drug-likeness (QED) is 0.908. The molecule has 0 unspecified atom stereocenters. The topological polar surface area (TPSA) is 47.6 Å². The Morgan fingerprint density at radius 3 is 2.43 bits per heavy atom. The Balaban J connectivity index is 2.07. The Morgan fingerprint density at radius 1 is 1.24 bits per heavy atom. The highest BCUT2D eigenvalue weighted by molar-refractivity contribution is 5.85. The summed E-state index contributed by atoms with van der Waals surface area (Å²) >= 11 is 0. The lowest BCUT2D eigenvalue weighted by molar-refractivity contribution is 0.0635. The van der Waals surface area contributed by atoms with Crippen molar-refractivity contribution in [2.24, 2.45) is 0 Å². The fourth-order valence-corrected chi connectivity index (χ4v) is 1.80. The summed E-state index contributed by atoms with van der Waals surface area (Å²) in [6.07, 6.45) is 1.84. The first-order valence-corrected chi connectivity index (χ1v) is 6.91. The number of ether oxygens (including phenoxy) is 2. The van der Waals surface area contributed by atoms with Gasteiger partial charge in [-0.05, 0) is 52.2 Å². The molecule has 0 heterocycles. The Bertz CT molecular complexity index is 536. The van der Waals surface area contributed by atoms with E-state index in [4.69, 9.17) is 9.47 Å². The standard InChI is InChI=1S/C15H19F2NO3/c1-15(2,3)21-14(19)18-10-7-8-11(13(17)12(10)16)20-9-5-4-6-9/h7-9H,4-6H2,1-3H3,(H,18,19). The van der Waals surface area contributed by atoms with Crippen LogP contribution in [-0.2, 0) is 4.74 Å². The second-order valence-corrected chi connectivity index (χ2v) is 6.04. The average molecular weight is 299 g/mol. The Labute approximate surface area is 122 Å². The van der Waals surface area contributed by atoms with Gasteiger partial charge in [0.05, 0.1) is 11.8 Å². The molecular formula is C15H19F2NO3. The van der Waals surface area contributed by atoms with E-state index in [1.54, 1.807) is 20.8 Å². The average Bonchev–Trinajstić information content (AvgIpc) is 2.29. The number of anilines is 1. The van der Waals surface area contributed by atoms with Crippen molar-refractivity contribution in [2.75, 3.05) is 5.32 Å². The van der Waals surface area contributed by atoms with Crippen molar-refractivity contribution < 1.29 is 23.0 Å². The molecule has 6 heteroatoms. The van der Waals surface area contributed by atoms with Gasteiger partial charge in [0.25, 0.3) is 0 Å². The molecule has 1 aliphatic carbocycles. The zero-order valence-electron chi connectivity index (χ0n) is 12.3. The minimum absolute atomic E-state index is 0.0523. The summed E-state index contributed by atoms with van der Waals surface area (Å²) in [4.78, 5) is 11.6. The first-order chi connectivity index (χ1) is 9.76.